The van der Waals surface area contributed by atoms with E-state index in [1.165, 1.54) is 21.4 Å². The topological polar surface area (TPSA) is 56.5 Å². The molecule has 28 heavy (non-hydrogen) atoms. The van der Waals surface area contributed by atoms with Crippen molar-refractivity contribution in [2.24, 2.45) is 0 Å². The van der Waals surface area contributed by atoms with E-state index in [-0.39, 0.29) is 11.0 Å². The first-order valence-electron chi connectivity index (χ1n) is 9.01. The summed E-state index contributed by atoms with van der Waals surface area (Å²) in [5, 5.41) is 4.43. The predicted octanol–water partition coefficient (Wildman–Crippen LogP) is 3.67. The molecule has 0 radical (unpaired) electrons. The number of ether oxygens (including phenoxy) is 1. The van der Waals surface area contributed by atoms with Gasteiger partial charge in [-0.1, -0.05) is 68.5 Å². The number of methoxy groups -OCH3 is 1. The van der Waals surface area contributed by atoms with Crippen molar-refractivity contribution in [2.75, 3.05) is 7.11 Å². The van der Waals surface area contributed by atoms with Gasteiger partial charge in [0, 0.05) is 5.56 Å². The van der Waals surface area contributed by atoms with E-state index >= 15 is 0 Å². The maximum Gasteiger partial charge on any atom is 0.291 e. The van der Waals surface area contributed by atoms with Gasteiger partial charge in [0.25, 0.3) is 5.56 Å². The zero-order valence-electron chi connectivity index (χ0n) is 16.3. The molecule has 0 spiro atoms. The van der Waals surface area contributed by atoms with E-state index in [9.17, 15) is 4.79 Å². The lowest BCUT2D eigenvalue weighted by Gasteiger charge is -2.18. The molecule has 142 valence electrons. The first-order chi connectivity index (χ1) is 13.3. The summed E-state index contributed by atoms with van der Waals surface area (Å²) in [4.78, 5) is 17.9. The summed E-state index contributed by atoms with van der Waals surface area (Å²) < 4.78 is 7.15. The molecular weight excluding hydrogens is 370 g/mol. The van der Waals surface area contributed by atoms with Gasteiger partial charge in [0.2, 0.25) is 4.96 Å². The van der Waals surface area contributed by atoms with Crippen LogP contribution in [0.4, 0.5) is 0 Å². The van der Waals surface area contributed by atoms with Crippen molar-refractivity contribution in [1.82, 2.24) is 14.6 Å². The number of benzene rings is 2. The molecule has 0 bridgehead atoms. The van der Waals surface area contributed by atoms with Gasteiger partial charge in [0.05, 0.1) is 11.6 Å². The molecule has 0 fully saturated rings. The van der Waals surface area contributed by atoms with Crippen LogP contribution >= 0.6 is 11.3 Å². The lowest BCUT2D eigenvalue weighted by atomic mass is 9.87. The van der Waals surface area contributed by atoms with Gasteiger partial charge in [-0.2, -0.15) is 9.50 Å². The number of rotatable bonds is 3. The van der Waals surface area contributed by atoms with Crippen LogP contribution in [0.3, 0.4) is 0 Å². The molecule has 0 aliphatic carbocycles. The van der Waals surface area contributed by atoms with Gasteiger partial charge >= 0.3 is 0 Å². The Morgan fingerprint density at radius 3 is 2.29 bits per heavy atom. The Morgan fingerprint density at radius 1 is 1.04 bits per heavy atom. The molecule has 2 aromatic heterocycles. The minimum atomic E-state index is -0.152. The van der Waals surface area contributed by atoms with Crippen LogP contribution in [0.1, 0.15) is 31.9 Å². The van der Waals surface area contributed by atoms with Crippen LogP contribution in [-0.2, 0) is 5.41 Å². The highest BCUT2D eigenvalue weighted by Crippen LogP contribution is 2.25. The van der Waals surface area contributed by atoms with E-state index < -0.39 is 0 Å². The number of thiazole rings is 1. The van der Waals surface area contributed by atoms with Crippen LogP contribution in [0, 0.1) is 0 Å². The van der Waals surface area contributed by atoms with Crippen molar-refractivity contribution in [2.45, 2.75) is 26.2 Å². The standard InChI is InChI=1S/C22H21N3O2S/c1-22(2,3)16-9-7-15(8-10-16)19-23-21-25(24-19)20(26)18(28-21)13-14-5-11-17(27-4)12-6-14/h5-13H,1-4H3/b18-13+. The van der Waals surface area contributed by atoms with E-state index in [1.807, 2.05) is 42.5 Å². The summed E-state index contributed by atoms with van der Waals surface area (Å²) in [5.41, 5.74) is 3.03. The lowest BCUT2D eigenvalue weighted by molar-refractivity contribution is 0.415. The maximum absolute atomic E-state index is 12.7. The fourth-order valence-corrected chi connectivity index (χ4v) is 3.83. The Bertz CT molecular complexity index is 1230. The van der Waals surface area contributed by atoms with E-state index in [2.05, 4.69) is 43.0 Å². The summed E-state index contributed by atoms with van der Waals surface area (Å²) in [5.74, 6) is 1.35. The zero-order chi connectivity index (χ0) is 19.9. The second-order valence-electron chi connectivity index (χ2n) is 7.65. The van der Waals surface area contributed by atoms with Gasteiger partial charge < -0.3 is 4.74 Å². The van der Waals surface area contributed by atoms with E-state index in [0.717, 1.165) is 16.9 Å². The molecule has 0 aliphatic heterocycles. The normalized spacial score (nSPS) is 12.6. The van der Waals surface area contributed by atoms with Crippen LogP contribution in [-0.4, -0.2) is 21.7 Å². The molecule has 0 saturated heterocycles. The third-order valence-electron chi connectivity index (χ3n) is 4.60. The molecule has 2 aromatic carbocycles. The Kier molecular flexibility index (Phi) is 4.51. The summed E-state index contributed by atoms with van der Waals surface area (Å²) in [6, 6.07) is 15.8. The van der Waals surface area contributed by atoms with Crippen molar-refractivity contribution in [3.05, 3.63) is 74.5 Å². The predicted molar refractivity (Wildman–Crippen MR) is 113 cm³/mol. The third kappa shape index (κ3) is 3.43. The number of hydrogen-bond donors (Lipinski definition) is 0. The van der Waals surface area contributed by atoms with Crippen LogP contribution in [0.25, 0.3) is 22.4 Å². The summed E-state index contributed by atoms with van der Waals surface area (Å²) in [6.45, 7) is 6.53. The molecule has 5 nitrogen and oxygen atoms in total. The minimum Gasteiger partial charge on any atom is -0.497 e. The first kappa shape index (κ1) is 18.4. The highest BCUT2D eigenvalue weighted by molar-refractivity contribution is 7.15. The van der Waals surface area contributed by atoms with Gasteiger partial charge in [0.15, 0.2) is 5.82 Å². The summed E-state index contributed by atoms with van der Waals surface area (Å²) >= 11 is 1.34. The number of aromatic nitrogens is 3. The van der Waals surface area contributed by atoms with Crippen LogP contribution in [0.15, 0.2) is 53.3 Å². The fourth-order valence-electron chi connectivity index (χ4n) is 2.93. The Balaban J connectivity index is 1.70. The van der Waals surface area contributed by atoms with Crippen LogP contribution in [0.5, 0.6) is 5.75 Å². The average molecular weight is 391 g/mol. The van der Waals surface area contributed by atoms with Gasteiger partial charge in [-0.05, 0) is 34.8 Å². The highest BCUT2D eigenvalue weighted by Gasteiger charge is 2.15. The molecule has 0 N–H and O–H groups in total. The zero-order valence-corrected chi connectivity index (χ0v) is 17.1. The second kappa shape index (κ2) is 6.87. The number of hydrogen-bond acceptors (Lipinski definition) is 5. The largest absolute Gasteiger partial charge is 0.497 e. The van der Waals surface area contributed by atoms with Gasteiger partial charge in [-0.3, -0.25) is 4.79 Å². The van der Waals surface area contributed by atoms with E-state index in [0.29, 0.717) is 15.3 Å². The molecule has 0 atom stereocenters. The monoisotopic (exact) mass is 391 g/mol. The van der Waals surface area contributed by atoms with Gasteiger partial charge in [-0.25, -0.2) is 0 Å². The molecule has 4 rings (SSSR count). The van der Waals surface area contributed by atoms with Gasteiger partial charge in [0.1, 0.15) is 5.75 Å². The number of nitrogens with zero attached hydrogens (tertiary/aromatic N) is 3. The molecule has 0 saturated carbocycles. The molecule has 0 aliphatic rings. The van der Waals surface area contributed by atoms with Crippen molar-refractivity contribution >= 4 is 22.4 Å². The van der Waals surface area contributed by atoms with E-state index in [4.69, 9.17) is 4.74 Å². The molecule has 6 heteroatoms. The Morgan fingerprint density at radius 2 is 1.71 bits per heavy atom. The van der Waals surface area contributed by atoms with Crippen molar-refractivity contribution in [1.29, 1.82) is 0 Å². The summed E-state index contributed by atoms with van der Waals surface area (Å²) in [6.07, 6.45) is 1.85. The second-order valence-corrected chi connectivity index (χ2v) is 8.66. The molecule has 0 amide bonds. The third-order valence-corrected chi connectivity index (χ3v) is 5.56. The summed E-state index contributed by atoms with van der Waals surface area (Å²) in [7, 11) is 1.63. The molecular formula is C22H21N3O2S. The SMILES string of the molecule is COc1ccc(/C=c2/sc3nc(-c4ccc(C(C)(C)C)cc4)nn3c2=O)cc1. The Hall–Kier alpha value is -2.99. The minimum absolute atomic E-state index is 0.0921. The average Bonchev–Trinajstić information content (AvgIpc) is 3.22. The quantitative estimate of drug-likeness (QED) is 0.535. The van der Waals surface area contributed by atoms with Crippen molar-refractivity contribution in [3.8, 4) is 17.1 Å². The first-order valence-corrected chi connectivity index (χ1v) is 9.83. The highest BCUT2D eigenvalue weighted by atomic mass is 32.1. The van der Waals surface area contributed by atoms with Crippen molar-refractivity contribution < 1.29 is 4.74 Å². The van der Waals surface area contributed by atoms with Crippen LogP contribution < -0.4 is 14.8 Å². The van der Waals surface area contributed by atoms with E-state index in [1.54, 1.807) is 7.11 Å². The fraction of sp³-hybridized carbons (Fsp3) is 0.227. The smallest absolute Gasteiger partial charge is 0.291 e. The Labute approximate surface area is 166 Å². The van der Waals surface area contributed by atoms with Gasteiger partial charge in [-0.15, -0.1) is 5.10 Å². The number of fused-ring (bicyclic) bond motifs is 1. The molecule has 4 aromatic rings. The maximum atomic E-state index is 12.7. The van der Waals surface area contributed by atoms with Crippen LogP contribution in [0.2, 0.25) is 0 Å². The molecule has 2 heterocycles. The molecule has 0 unspecified atom stereocenters. The van der Waals surface area contributed by atoms with Crippen molar-refractivity contribution in [3.63, 3.8) is 0 Å². The lowest BCUT2D eigenvalue weighted by Crippen LogP contribution is -2.23.